The molecule has 0 spiro atoms. The molecule has 0 aromatic heterocycles. The van der Waals surface area contributed by atoms with Crippen molar-refractivity contribution in [2.75, 3.05) is 18.5 Å². The van der Waals surface area contributed by atoms with Crippen LogP contribution in [-0.4, -0.2) is 29.2 Å². The zero-order valence-corrected chi connectivity index (χ0v) is 10.2. The van der Waals surface area contributed by atoms with Crippen molar-refractivity contribution >= 4 is 23.3 Å². The lowest BCUT2D eigenvalue weighted by Gasteiger charge is -2.28. The zero-order valence-electron chi connectivity index (χ0n) is 9.45. The first-order chi connectivity index (χ1) is 8.16. The van der Waals surface area contributed by atoms with Crippen LogP contribution in [0.3, 0.4) is 0 Å². The third-order valence-corrected chi connectivity index (χ3v) is 3.08. The van der Waals surface area contributed by atoms with Gasteiger partial charge in [0, 0.05) is 18.1 Å². The number of hydrazine groups is 1. The number of aromatic carboxylic acids is 1. The van der Waals surface area contributed by atoms with Crippen molar-refractivity contribution in [2.45, 2.75) is 19.3 Å². The molecule has 0 saturated carbocycles. The van der Waals surface area contributed by atoms with Gasteiger partial charge in [-0.1, -0.05) is 18.0 Å². The first kappa shape index (κ1) is 12.2. The molecule has 1 aliphatic heterocycles. The van der Waals surface area contributed by atoms with Gasteiger partial charge in [-0.25, -0.2) is 9.80 Å². The third-order valence-electron chi connectivity index (χ3n) is 2.85. The molecule has 2 N–H and O–H groups in total. The minimum absolute atomic E-state index is 0.211. The first-order valence-corrected chi connectivity index (χ1v) is 6.09. The molecule has 2 rings (SSSR count). The molecule has 1 aromatic rings. The number of carboxylic acids is 1. The van der Waals surface area contributed by atoms with E-state index in [1.807, 2.05) is 0 Å². The summed E-state index contributed by atoms with van der Waals surface area (Å²) in [6, 6.07) is 4.87. The fourth-order valence-electron chi connectivity index (χ4n) is 1.97. The average Bonchev–Trinajstić information content (AvgIpc) is 2.32. The number of rotatable bonds is 3. The first-order valence-electron chi connectivity index (χ1n) is 5.71. The highest BCUT2D eigenvalue weighted by atomic mass is 35.5. The minimum atomic E-state index is -0.966. The fourth-order valence-corrected chi connectivity index (χ4v) is 2.14. The lowest BCUT2D eigenvalue weighted by Crippen LogP contribution is -2.35. The van der Waals surface area contributed by atoms with Crippen LogP contribution < -0.4 is 5.43 Å². The topological polar surface area (TPSA) is 52.6 Å². The zero-order chi connectivity index (χ0) is 12.3. The number of anilines is 1. The maximum atomic E-state index is 11.1. The third kappa shape index (κ3) is 3.11. The van der Waals surface area contributed by atoms with Gasteiger partial charge in [-0.3, -0.25) is 0 Å². The Morgan fingerprint density at radius 2 is 2.00 bits per heavy atom. The van der Waals surface area contributed by atoms with Crippen LogP contribution in [-0.2, 0) is 0 Å². The summed E-state index contributed by atoms with van der Waals surface area (Å²) in [6.07, 6.45) is 3.52. The van der Waals surface area contributed by atoms with Crippen LogP contribution in [0.25, 0.3) is 0 Å². The predicted octanol–water partition coefficient (Wildman–Crippen LogP) is 2.85. The van der Waals surface area contributed by atoms with Crippen molar-refractivity contribution in [1.82, 2.24) is 5.01 Å². The van der Waals surface area contributed by atoms with Crippen molar-refractivity contribution in [1.29, 1.82) is 0 Å². The van der Waals surface area contributed by atoms with Gasteiger partial charge in [-0.15, -0.1) is 0 Å². The van der Waals surface area contributed by atoms with Gasteiger partial charge in [-0.05, 0) is 31.0 Å². The Morgan fingerprint density at radius 3 is 2.65 bits per heavy atom. The van der Waals surface area contributed by atoms with E-state index < -0.39 is 5.97 Å². The second-order valence-electron chi connectivity index (χ2n) is 4.15. The molecule has 4 nitrogen and oxygen atoms in total. The van der Waals surface area contributed by atoms with Gasteiger partial charge in [0.05, 0.1) is 11.3 Å². The van der Waals surface area contributed by atoms with E-state index in [1.165, 1.54) is 12.5 Å². The maximum Gasteiger partial charge on any atom is 0.337 e. The van der Waals surface area contributed by atoms with Crippen molar-refractivity contribution in [3.8, 4) is 0 Å². The quantitative estimate of drug-likeness (QED) is 0.871. The molecule has 5 heteroatoms. The highest BCUT2D eigenvalue weighted by Crippen LogP contribution is 2.22. The van der Waals surface area contributed by atoms with E-state index >= 15 is 0 Å². The SMILES string of the molecule is O=C(O)c1cc(Cl)ccc1NN1CCCCC1. The number of piperidine rings is 1. The highest BCUT2D eigenvalue weighted by Gasteiger charge is 2.15. The largest absolute Gasteiger partial charge is 0.478 e. The normalized spacial score (nSPS) is 16.8. The molecule has 17 heavy (non-hydrogen) atoms. The number of hydrogen-bond acceptors (Lipinski definition) is 3. The van der Waals surface area contributed by atoms with Crippen LogP contribution in [0, 0.1) is 0 Å². The van der Waals surface area contributed by atoms with E-state index in [2.05, 4.69) is 10.4 Å². The Bertz CT molecular complexity index is 417. The summed E-state index contributed by atoms with van der Waals surface area (Å²) in [4.78, 5) is 11.1. The molecular formula is C12H15ClN2O2. The summed E-state index contributed by atoms with van der Waals surface area (Å²) in [6.45, 7) is 1.89. The number of nitrogens with zero attached hydrogens (tertiary/aromatic N) is 1. The predicted molar refractivity (Wildman–Crippen MR) is 67.5 cm³/mol. The summed E-state index contributed by atoms with van der Waals surface area (Å²) >= 11 is 5.80. The Kier molecular flexibility index (Phi) is 3.86. The van der Waals surface area contributed by atoms with Crippen molar-refractivity contribution < 1.29 is 9.90 Å². The summed E-state index contributed by atoms with van der Waals surface area (Å²) in [5, 5.41) is 11.6. The summed E-state index contributed by atoms with van der Waals surface area (Å²) < 4.78 is 0. The molecule has 0 atom stereocenters. The summed E-state index contributed by atoms with van der Waals surface area (Å²) in [7, 11) is 0. The molecule has 0 bridgehead atoms. The maximum absolute atomic E-state index is 11.1. The van der Waals surface area contributed by atoms with Crippen LogP contribution in [0.15, 0.2) is 18.2 Å². The molecule has 0 unspecified atom stereocenters. The van der Waals surface area contributed by atoms with Crippen molar-refractivity contribution in [3.05, 3.63) is 28.8 Å². The number of carbonyl (C=O) groups is 1. The smallest absolute Gasteiger partial charge is 0.337 e. The molecule has 0 amide bonds. The van der Waals surface area contributed by atoms with Crippen molar-refractivity contribution in [3.63, 3.8) is 0 Å². The monoisotopic (exact) mass is 254 g/mol. The van der Waals surface area contributed by atoms with Gasteiger partial charge in [0.1, 0.15) is 0 Å². The molecule has 1 saturated heterocycles. The molecule has 1 fully saturated rings. The van der Waals surface area contributed by atoms with Crippen molar-refractivity contribution in [2.24, 2.45) is 0 Å². The van der Waals surface area contributed by atoms with Crippen LogP contribution in [0.5, 0.6) is 0 Å². The second-order valence-corrected chi connectivity index (χ2v) is 4.59. The Labute approximate surface area is 105 Å². The number of benzene rings is 1. The van der Waals surface area contributed by atoms with E-state index in [9.17, 15) is 4.79 Å². The van der Waals surface area contributed by atoms with Gasteiger partial charge < -0.3 is 10.5 Å². The molecule has 1 heterocycles. The molecule has 1 aromatic carbocycles. The molecule has 92 valence electrons. The van der Waals surface area contributed by atoms with Gasteiger partial charge in [-0.2, -0.15) is 0 Å². The van der Waals surface area contributed by atoms with Crippen LogP contribution in [0.1, 0.15) is 29.6 Å². The van der Waals surface area contributed by atoms with Gasteiger partial charge >= 0.3 is 5.97 Å². The number of hydrogen-bond donors (Lipinski definition) is 2. The number of nitrogens with one attached hydrogen (secondary N) is 1. The molecule has 0 radical (unpaired) electrons. The van der Waals surface area contributed by atoms with E-state index in [1.54, 1.807) is 12.1 Å². The van der Waals surface area contributed by atoms with E-state index in [-0.39, 0.29) is 5.56 Å². The second kappa shape index (κ2) is 5.38. The number of carboxylic acid groups (broad SMARTS) is 1. The van der Waals surface area contributed by atoms with Crippen LogP contribution in [0.4, 0.5) is 5.69 Å². The Morgan fingerprint density at radius 1 is 1.29 bits per heavy atom. The van der Waals surface area contributed by atoms with E-state index in [0.29, 0.717) is 10.7 Å². The average molecular weight is 255 g/mol. The minimum Gasteiger partial charge on any atom is -0.478 e. The van der Waals surface area contributed by atoms with Gasteiger partial charge in [0.15, 0.2) is 0 Å². The van der Waals surface area contributed by atoms with Gasteiger partial charge in [0.25, 0.3) is 0 Å². The van der Waals surface area contributed by atoms with E-state index in [0.717, 1.165) is 25.9 Å². The molecular weight excluding hydrogens is 240 g/mol. The highest BCUT2D eigenvalue weighted by molar-refractivity contribution is 6.31. The lowest BCUT2D eigenvalue weighted by atomic mass is 10.1. The van der Waals surface area contributed by atoms with Crippen LogP contribution in [0.2, 0.25) is 5.02 Å². The Balaban J connectivity index is 2.16. The van der Waals surface area contributed by atoms with Crippen LogP contribution >= 0.6 is 11.6 Å². The standard InChI is InChI=1S/C12H15ClN2O2/c13-9-4-5-11(10(8-9)12(16)17)14-15-6-2-1-3-7-15/h4-5,8,14H,1-3,6-7H2,(H,16,17). The Hall–Kier alpha value is -1.26. The van der Waals surface area contributed by atoms with Gasteiger partial charge in [0.2, 0.25) is 0 Å². The lowest BCUT2D eigenvalue weighted by molar-refractivity contribution is 0.0697. The molecule has 1 aliphatic rings. The summed E-state index contributed by atoms with van der Waals surface area (Å²) in [5.41, 5.74) is 3.96. The molecule has 0 aliphatic carbocycles. The van der Waals surface area contributed by atoms with E-state index in [4.69, 9.17) is 16.7 Å². The summed E-state index contributed by atoms with van der Waals surface area (Å²) in [5.74, 6) is -0.966. The number of halogens is 1. The fraction of sp³-hybridized carbons (Fsp3) is 0.417.